The SMILES string of the molecule is C=C.[C-]#N. The second-order valence-corrected chi connectivity index (χ2v) is 0. The Morgan fingerprint density at radius 3 is 1.25 bits per heavy atom. The van der Waals surface area contributed by atoms with Gasteiger partial charge < -0.3 is 11.8 Å². The summed E-state index contributed by atoms with van der Waals surface area (Å²) in [5.74, 6) is 0. The van der Waals surface area contributed by atoms with E-state index in [1.165, 1.54) is 0 Å². The van der Waals surface area contributed by atoms with Crippen LogP contribution in [0.25, 0.3) is 0 Å². The lowest BCUT2D eigenvalue weighted by molar-refractivity contribution is 1.53. The van der Waals surface area contributed by atoms with E-state index in [2.05, 4.69) is 13.2 Å². The average molecular weight is 54.1 g/mol. The first-order chi connectivity index (χ1) is 2.00. The zero-order chi connectivity index (χ0) is 4.00. The third kappa shape index (κ3) is 0.110. The second kappa shape index (κ2) is 5.69. The molecule has 22 valence electrons. The lowest BCUT2D eigenvalue weighted by atomic mass is 11.3. The van der Waals surface area contributed by atoms with Crippen molar-refractivity contribution < 1.29 is 0 Å². The monoisotopic (exact) mass is 54.0 g/mol. The van der Waals surface area contributed by atoms with Crippen molar-refractivity contribution >= 4 is 0 Å². The minimum absolute atomic E-state index is 3.00. The molecule has 0 spiro atoms. The van der Waals surface area contributed by atoms with Crippen LogP contribution in [0.4, 0.5) is 0 Å². The Balaban J connectivity index is 0. The number of hydrogen-bond acceptors (Lipinski definition) is 1. The molecule has 0 saturated heterocycles. The fraction of sp³-hybridized carbons (Fsp3) is 0. The molecule has 0 unspecified atom stereocenters. The molecule has 0 aliphatic heterocycles. The Bertz CT molecular complexity index is 14.5. The Morgan fingerprint density at radius 1 is 1.25 bits per heavy atom. The molecular weight excluding hydrogens is 50.0 g/mol. The van der Waals surface area contributed by atoms with E-state index in [9.17, 15) is 0 Å². The molecule has 0 aromatic carbocycles. The molecule has 0 heterocycles. The van der Waals surface area contributed by atoms with E-state index in [4.69, 9.17) is 11.8 Å². The molecule has 0 aromatic rings. The summed E-state index contributed by atoms with van der Waals surface area (Å²) in [6.07, 6.45) is 0. The molecule has 0 N–H and O–H groups in total. The second-order valence-electron chi connectivity index (χ2n) is 0. The molecule has 0 fully saturated rings. The Morgan fingerprint density at radius 2 is 1.25 bits per heavy atom. The van der Waals surface area contributed by atoms with E-state index in [-0.39, 0.29) is 0 Å². The minimum atomic E-state index is 3.00. The van der Waals surface area contributed by atoms with Crippen LogP contribution in [0, 0.1) is 11.8 Å². The number of nitrogens with zero attached hydrogens (tertiary/aromatic N) is 1. The van der Waals surface area contributed by atoms with Gasteiger partial charge in [0.2, 0.25) is 0 Å². The van der Waals surface area contributed by atoms with Gasteiger partial charge in [-0.15, -0.1) is 13.2 Å². The normalized spacial score (nSPS) is 1.50. The molecule has 0 atom stereocenters. The maximum absolute atomic E-state index is 6.25. The van der Waals surface area contributed by atoms with Crippen molar-refractivity contribution in [2.24, 2.45) is 0 Å². The van der Waals surface area contributed by atoms with Crippen molar-refractivity contribution in [3.63, 3.8) is 0 Å². The molecule has 0 aliphatic carbocycles. The summed E-state index contributed by atoms with van der Waals surface area (Å²) in [6, 6.07) is 0. The van der Waals surface area contributed by atoms with E-state index in [0.29, 0.717) is 0 Å². The summed E-state index contributed by atoms with van der Waals surface area (Å²) < 4.78 is 0. The van der Waals surface area contributed by atoms with Gasteiger partial charge in [-0.1, -0.05) is 0 Å². The third-order valence-electron chi connectivity index (χ3n) is 0. The smallest absolute Gasteiger partial charge is 0.106 e. The first-order valence-electron chi connectivity index (χ1n) is 0.724. The molecule has 0 saturated carbocycles. The molecule has 0 aromatic heterocycles. The molecule has 0 amide bonds. The van der Waals surface area contributed by atoms with Crippen LogP contribution in [0.5, 0.6) is 0 Å². The van der Waals surface area contributed by atoms with Gasteiger partial charge in [-0.2, -0.15) is 0 Å². The Kier molecular flexibility index (Phi) is 15.1. The number of hydrogen-bond donors (Lipinski definition) is 0. The summed E-state index contributed by atoms with van der Waals surface area (Å²) in [5.41, 5.74) is 0. The fourth-order valence-electron chi connectivity index (χ4n) is 0. The topological polar surface area (TPSA) is 23.8 Å². The van der Waals surface area contributed by atoms with Gasteiger partial charge in [-0.3, -0.25) is 0 Å². The zero-order valence-corrected chi connectivity index (χ0v) is 2.36. The predicted molar refractivity (Wildman–Crippen MR) is 16.2 cm³/mol. The van der Waals surface area contributed by atoms with E-state index in [1.807, 2.05) is 0 Å². The molecule has 0 bridgehead atoms. The van der Waals surface area contributed by atoms with Gasteiger partial charge in [0.25, 0.3) is 0 Å². The minimum Gasteiger partial charge on any atom is -0.512 e. The average Bonchev–Trinajstić information content (AvgIpc) is 1.50. The Labute approximate surface area is 26.2 Å². The van der Waals surface area contributed by atoms with Crippen LogP contribution in [0.3, 0.4) is 0 Å². The summed E-state index contributed by atoms with van der Waals surface area (Å²) in [4.78, 5) is 0. The van der Waals surface area contributed by atoms with Crippen LogP contribution in [-0.4, -0.2) is 0 Å². The molecular formula is C3H4N-. The standard InChI is InChI=1S/C2H4.CN/c2*1-2/h1-2H2;/q;-1. The lowest BCUT2D eigenvalue weighted by Gasteiger charge is -1.08. The first kappa shape index (κ1) is 10.6. The van der Waals surface area contributed by atoms with E-state index < -0.39 is 0 Å². The summed E-state index contributed by atoms with van der Waals surface area (Å²) in [6.45, 7) is 10.8. The van der Waals surface area contributed by atoms with E-state index in [1.54, 1.807) is 0 Å². The molecule has 0 rings (SSSR count). The van der Waals surface area contributed by atoms with Crippen molar-refractivity contribution in [2.45, 2.75) is 0 Å². The van der Waals surface area contributed by atoms with Gasteiger partial charge >= 0.3 is 0 Å². The van der Waals surface area contributed by atoms with E-state index in [0.717, 1.165) is 0 Å². The van der Waals surface area contributed by atoms with Gasteiger partial charge in [0.15, 0.2) is 0 Å². The highest BCUT2D eigenvalue weighted by atomic mass is 14.2. The Hall–Kier alpha value is -0.770. The summed E-state index contributed by atoms with van der Waals surface area (Å²) in [5, 5.41) is 6.25. The van der Waals surface area contributed by atoms with Crippen molar-refractivity contribution in [3.8, 4) is 0 Å². The summed E-state index contributed by atoms with van der Waals surface area (Å²) >= 11 is 0. The van der Waals surface area contributed by atoms with Crippen LogP contribution in [0.1, 0.15) is 0 Å². The van der Waals surface area contributed by atoms with Crippen molar-refractivity contribution in [2.75, 3.05) is 0 Å². The fourth-order valence-corrected chi connectivity index (χ4v) is 0. The first-order valence-corrected chi connectivity index (χ1v) is 0.724. The van der Waals surface area contributed by atoms with Gasteiger partial charge in [-0.25, -0.2) is 0 Å². The van der Waals surface area contributed by atoms with Crippen LogP contribution in [0.2, 0.25) is 0 Å². The van der Waals surface area contributed by atoms with Crippen molar-refractivity contribution in [1.82, 2.24) is 0 Å². The van der Waals surface area contributed by atoms with E-state index >= 15 is 0 Å². The van der Waals surface area contributed by atoms with Gasteiger partial charge in [-0.05, 0) is 0 Å². The van der Waals surface area contributed by atoms with Gasteiger partial charge in [0, 0.05) is 0 Å². The predicted octanol–water partition coefficient (Wildman–Crippen LogP) is 0.899. The molecule has 1 nitrogen and oxygen atoms in total. The van der Waals surface area contributed by atoms with Gasteiger partial charge in [0.05, 0.1) is 0 Å². The maximum Gasteiger partial charge on any atom is -0.106 e. The zero-order valence-electron chi connectivity index (χ0n) is 2.36. The number of rotatable bonds is 0. The maximum atomic E-state index is 6.25. The van der Waals surface area contributed by atoms with Crippen LogP contribution >= 0.6 is 0 Å². The van der Waals surface area contributed by atoms with Crippen molar-refractivity contribution in [1.29, 1.82) is 5.26 Å². The third-order valence-corrected chi connectivity index (χ3v) is 0. The quantitative estimate of drug-likeness (QED) is 0.297. The molecule has 0 aliphatic rings. The highest BCUT2D eigenvalue weighted by molar-refractivity contribution is 4.22. The highest BCUT2D eigenvalue weighted by Gasteiger charge is 0.601. The van der Waals surface area contributed by atoms with Gasteiger partial charge in [0.1, 0.15) is 0 Å². The molecule has 1 heteroatoms. The summed E-state index contributed by atoms with van der Waals surface area (Å²) in [7, 11) is 0. The lowest BCUT2D eigenvalue weighted by Crippen LogP contribution is -0.552. The van der Waals surface area contributed by atoms with Crippen LogP contribution in [0.15, 0.2) is 13.2 Å². The largest absolute Gasteiger partial charge is 0.512 e. The highest BCUT2D eigenvalue weighted by Crippen LogP contribution is 0.862. The van der Waals surface area contributed by atoms with Crippen LogP contribution < -0.4 is 0 Å². The van der Waals surface area contributed by atoms with Crippen molar-refractivity contribution in [3.05, 3.63) is 19.7 Å². The van der Waals surface area contributed by atoms with Crippen LogP contribution in [-0.2, 0) is 0 Å². The molecule has 4 heavy (non-hydrogen) atoms. The molecule has 0 radical (unpaired) electrons.